The van der Waals surface area contributed by atoms with Crippen LogP contribution < -0.4 is 10.6 Å². The highest BCUT2D eigenvalue weighted by atomic mass is 16.6. The first-order chi connectivity index (χ1) is 13.8. The average Bonchev–Trinajstić information content (AvgIpc) is 2.93. The van der Waals surface area contributed by atoms with Crippen molar-refractivity contribution in [3.63, 3.8) is 0 Å². The van der Waals surface area contributed by atoms with Gasteiger partial charge in [0.15, 0.2) is 0 Å². The van der Waals surface area contributed by atoms with Gasteiger partial charge < -0.3 is 10.6 Å². The van der Waals surface area contributed by atoms with Gasteiger partial charge in [-0.2, -0.15) is 0 Å². The molecule has 29 heavy (non-hydrogen) atoms. The number of amides is 4. The molecular weight excluding hydrogens is 376 g/mol. The van der Waals surface area contributed by atoms with E-state index in [0.29, 0.717) is 12.1 Å². The van der Waals surface area contributed by atoms with Crippen LogP contribution in [0.1, 0.15) is 38.3 Å². The number of rotatable bonds is 6. The van der Waals surface area contributed by atoms with E-state index < -0.39 is 16.7 Å². The van der Waals surface area contributed by atoms with E-state index in [1.807, 2.05) is 26.0 Å². The minimum Gasteiger partial charge on any atom is -0.338 e. The summed E-state index contributed by atoms with van der Waals surface area (Å²) in [5, 5.41) is 16.3. The summed E-state index contributed by atoms with van der Waals surface area (Å²) < 4.78 is 0. The Bertz CT molecular complexity index is 1020. The number of nitro groups is 1. The predicted octanol–water partition coefficient (Wildman–Crippen LogP) is 3.02. The van der Waals surface area contributed by atoms with Crippen LogP contribution in [0.4, 0.5) is 16.2 Å². The van der Waals surface area contributed by atoms with Gasteiger partial charge in [-0.1, -0.05) is 12.1 Å². The molecule has 0 spiro atoms. The average molecular weight is 396 g/mol. The first-order valence-corrected chi connectivity index (χ1v) is 9.05. The molecule has 2 N–H and O–H groups in total. The van der Waals surface area contributed by atoms with Gasteiger partial charge in [-0.05, 0) is 43.5 Å². The molecule has 1 aliphatic rings. The zero-order valence-corrected chi connectivity index (χ0v) is 16.0. The van der Waals surface area contributed by atoms with Crippen LogP contribution >= 0.6 is 0 Å². The number of carbonyl (C=O) groups excluding carboxylic acids is 3. The Hall–Kier alpha value is -3.75. The maximum Gasteiger partial charge on any atom is 0.319 e. The van der Waals surface area contributed by atoms with Crippen molar-refractivity contribution >= 4 is 29.2 Å². The number of nitrogens with zero attached hydrogens (tertiary/aromatic N) is 2. The number of nitrogens with one attached hydrogen (secondary N) is 2. The highest BCUT2D eigenvalue weighted by Crippen LogP contribution is 2.26. The molecule has 0 bridgehead atoms. The molecule has 3 rings (SSSR count). The van der Waals surface area contributed by atoms with Crippen molar-refractivity contribution in [2.24, 2.45) is 0 Å². The number of hydrogen-bond donors (Lipinski definition) is 2. The lowest BCUT2D eigenvalue weighted by Crippen LogP contribution is -2.35. The molecule has 2 aromatic carbocycles. The normalized spacial score (nSPS) is 12.7. The van der Waals surface area contributed by atoms with Gasteiger partial charge in [-0.15, -0.1) is 0 Å². The fourth-order valence-electron chi connectivity index (χ4n) is 3.09. The second-order valence-electron chi connectivity index (χ2n) is 6.73. The SMILES string of the molecule is Cc1cccc(NC(=O)NCCCN2C(=O)c3ccc([N+](=O)[O-])cc3C2=O)c1C. The lowest BCUT2D eigenvalue weighted by Gasteiger charge is -2.14. The predicted molar refractivity (Wildman–Crippen MR) is 106 cm³/mol. The second kappa shape index (κ2) is 8.09. The molecule has 0 saturated carbocycles. The first kappa shape index (κ1) is 20.0. The monoisotopic (exact) mass is 396 g/mol. The molecule has 1 heterocycles. The maximum absolute atomic E-state index is 12.4. The number of imide groups is 1. The lowest BCUT2D eigenvalue weighted by molar-refractivity contribution is -0.384. The van der Waals surface area contributed by atoms with E-state index in [4.69, 9.17) is 0 Å². The summed E-state index contributed by atoms with van der Waals surface area (Å²) >= 11 is 0. The molecule has 0 atom stereocenters. The Morgan fingerprint density at radius 1 is 1.10 bits per heavy atom. The Balaban J connectivity index is 1.52. The van der Waals surface area contributed by atoms with Crippen molar-refractivity contribution in [2.45, 2.75) is 20.3 Å². The van der Waals surface area contributed by atoms with E-state index in [0.717, 1.165) is 22.1 Å². The van der Waals surface area contributed by atoms with Gasteiger partial charge in [0.05, 0.1) is 16.1 Å². The van der Waals surface area contributed by atoms with Gasteiger partial charge in [0.25, 0.3) is 17.5 Å². The topological polar surface area (TPSA) is 122 Å². The molecule has 0 aromatic heterocycles. The fourth-order valence-corrected chi connectivity index (χ4v) is 3.09. The Morgan fingerprint density at radius 2 is 1.83 bits per heavy atom. The number of benzene rings is 2. The molecule has 0 aliphatic carbocycles. The van der Waals surface area contributed by atoms with Gasteiger partial charge in [-0.25, -0.2) is 4.79 Å². The summed E-state index contributed by atoms with van der Waals surface area (Å²) in [6, 6.07) is 8.85. The maximum atomic E-state index is 12.4. The summed E-state index contributed by atoms with van der Waals surface area (Å²) in [4.78, 5) is 48.1. The van der Waals surface area contributed by atoms with Crippen molar-refractivity contribution in [3.05, 3.63) is 68.8 Å². The molecule has 1 aliphatic heterocycles. The number of hydrogen-bond acceptors (Lipinski definition) is 5. The zero-order valence-electron chi connectivity index (χ0n) is 16.0. The van der Waals surface area contributed by atoms with Crippen molar-refractivity contribution in [3.8, 4) is 0 Å². The van der Waals surface area contributed by atoms with Gasteiger partial charge in [-0.3, -0.25) is 24.6 Å². The van der Waals surface area contributed by atoms with E-state index in [-0.39, 0.29) is 35.9 Å². The molecule has 0 unspecified atom stereocenters. The van der Waals surface area contributed by atoms with Crippen LogP contribution in [0.3, 0.4) is 0 Å². The highest BCUT2D eigenvalue weighted by molar-refractivity contribution is 6.21. The molecule has 2 aromatic rings. The van der Waals surface area contributed by atoms with Gasteiger partial charge in [0.2, 0.25) is 0 Å². The number of nitro benzene ring substituents is 1. The number of anilines is 1. The molecule has 0 saturated heterocycles. The minimum atomic E-state index is -0.612. The van der Waals surface area contributed by atoms with Crippen LogP contribution in [-0.2, 0) is 0 Å². The third kappa shape index (κ3) is 4.08. The largest absolute Gasteiger partial charge is 0.338 e. The molecule has 0 fully saturated rings. The van der Waals surface area contributed by atoms with E-state index in [2.05, 4.69) is 10.6 Å². The zero-order chi connectivity index (χ0) is 21.1. The van der Waals surface area contributed by atoms with Crippen LogP contribution in [0.15, 0.2) is 36.4 Å². The Labute approximate surface area is 166 Å². The van der Waals surface area contributed by atoms with Crippen molar-refractivity contribution < 1.29 is 19.3 Å². The molecule has 0 radical (unpaired) electrons. The van der Waals surface area contributed by atoms with E-state index in [1.165, 1.54) is 12.1 Å². The van der Waals surface area contributed by atoms with E-state index in [1.54, 1.807) is 6.07 Å². The second-order valence-corrected chi connectivity index (χ2v) is 6.73. The number of carbonyl (C=O) groups is 3. The van der Waals surface area contributed by atoms with Gasteiger partial charge in [0.1, 0.15) is 0 Å². The number of urea groups is 1. The summed E-state index contributed by atoms with van der Waals surface area (Å²) in [6.07, 6.45) is 0.355. The van der Waals surface area contributed by atoms with Crippen LogP contribution in [-0.4, -0.2) is 40.8 Å². The standard InChI is InChI=1S/C20H20N4O5/c1-12-5-3-6-17(13(12)2)22-20(27)21-9-4-10-23-18(25)15-8-7-14(24(28)29)11-16(15)19(23)26/h3,5-8,11H,4,9-10H2,1-2H3,(H2,21,22,27). The van der Waals surface area contributed by atoms with Crippen molar-refractivity contribution in [1.29, 1.82) is 0 Å². The van der Waals surface area contributed by atoms with Gasteiger partial charge >= 0.3 is 6.03 Å². The first-order valence-electron chi connectivity index (χ1n) is 9.05. The molecule has 9 heteroatoms. The number of non-ortho nitro benzene ring substituents is 1. The van der Waals surface area contributed by atoms with Crippen molar-refractivity contribution in [1.82, 2.24) is 10.2 Å². The van der Waals surface area contributed by atoms with Crippen LogP contribution in [0.5, 0.6) is 0 Å². The molecule has 9 nitrogen and oxygen atoms in total. The fraction of sp³-hybridized carbons (Fsp3) is 0.250. The third-order valence-corrected chi connectivity index (χ3v) is 4.86. The third-order valence-electron chi connectivity index (χ3n) is 4.86. The number of fused-ring (bicyclic) bond motifs is 1. The van der Waals surface area contributed by atoms with Crippen molar-refractivity contribution in [2.75, 3.05) is 18.4 Å². The van der Waals surface area contributed by atoms with E-state index in [9.17, 15) is 24.5 Å². The summed E-state index contributed by atoms with van der Waals surface area (Å²) in [7, 11) is 0. The number of aryl methyl sites for hydroxylation is 1. The van der Waals surface area contributed by atoms with Crippen LogP contribution in [0, 0.1) is 24.0 Å². The van der Waals surface area contributed by atoms with E-state index >= 15 is 0 Å². The Morgan fingerprint density at radius 3 is 2.55 bits per heavy atom. The summed E-state index contributed by atoms with van der Waals surface area (Å²) in [6.45, 7) is 4.22. The highest BCUT2D eigenvalue weighted by Gasteiger charge is 2.36. The van der Waals surface area contributed by atoms with Crippen LogP contribution in [0.2, 0.25) is 0 Å². The summed E-state index contributed by atoms with van der Waals surface area (Å²) in [5.41, 5.74) is 2.70. The molecular formula is C20H20N4O5. The quantitative estimate of drug-likeness (QED) is 0.336. The lowest BCUT2D eigenvalue weighted by atomic mass is 10.1. The smallest absolute Gasteiger partial charge is 0.319 e. The minimum absolute atomic E-state index is 0.0322. The van der Waals surface area contributed by atoms with Crippen LogP contribution in [0.25, 0.3) is 0 Å². The molecule has 4 amide bonds. The Kier molecular flexibility index (Phi) is 5.58. The van der Waals surface area contributed by atoms with Gasteiger partial charge in [0, 0.05) is 30.9 Å². The molecule has 150 valence electrons. The summed E-state index contributed by atoms with van der Waals surface area (Å²) in [5.74, 6) is -1.05.